The van der Waals surface area contributed by atoms with E-state index in [0.29, 0.717) is 5.02 Å². The molecule has 0 aliphatic carbocycles. The first-order valence-corrected chi connectivity index (χ1v) is 6.20. The third kappa shape index (κ3) is 3.86. The lowest BCUT2D eigenvalue weighted by Gasteiger charge is -2.21. The number of halogens is 1. The molecule has 1 atom stereocenters. The third-order valence-corrected chi connectivity index (χ3v) is 3.01. The molecule has 2 N–H and O–H groups in total. The van der Waals surface area contributed by atoms with E-state index in [2.05, 4.69) is 5.32 Å². The molecule has 0 saturated heterocycles. The van der Waals surface area contributed by atoms with Gasteiger partial charge in [-0.05, 0) is 18.2 Å². The number of hydrogen-bond acceptors (Lipinski definition) is 3. The van der Waals surface area contributed by atoms with Crippen molar-refractivity contribution in [1.29, 1.82) is 0 Å². The van der Waals surface area contributed by atoms with Crippen LogP contribution in [0.5, 0.6) is 5.75 Å². The minimum Gasteiger partial charge on any atom is -0.507 e. The molecule has 0 aliphatic rings. The highest BCUT2D eigenvalue weighted by Gasteiger charge is 2.20. The Kier molecular flexibility index (Phi) is 5.18. The van der Waals surface area contributed by atoms with Gasteiger partial charge in [0, 0.05) is 25.7 Å². The molecule has 0 aromatic heterocycles. The fraction of sp³-hybridized carbons (Fsp3) is 0.385. The lowest BCUT2D eigenvalue weighted by atomic mass is 10.1. The van der Waals surface area contributed by atoms with Crippen molar-refractivity contribution < 1.29 is 14.7 Å². The molecule has 0 radical (unpaired) electrons. The van der Waals surface area contributed by atoms with Crippen molar-refractivity contribution in [3.05, 3.63) is 28.8 Å². The van der Waals surface area contributed by atoms with Gasteiger partial charge in [0.2, 0.25) is 5.91 Å². The van der Waals surface area contributed by atoms with Gasteiger partial charge in [-0.15, -0.1) is 0 Å². The van der Waals surface area contributed by atoms with Crippen LogP contribution in [0.2, 0.25) is 5.02 Å². The fourth-order valence-corrected chi connectivity index (χ4v) is 1.88. The number of amides is 2. The molecule has 0 bridgehead atoms. The molecular formula is C13H17ClN2O3. The van der Waals surface area contributed by atoms with Gasteiger partial charge in [0.15, 0.2) is 0 Å². The van der Waals surface area contributed by atoms with Crippen LogP contribution in [0.3, 0.4) is 0 Å². The fourth-order valence-electron chi connectivity index (χ4n) is 1.71. The average Bonchev–Trinajstić information content (AvgIpc) is 2.36. The van der Waals surface area contributed by atoms with Crippen LogP contribution in [-0.4, -0.2) is 42.5 Å². The van der Waals surface area contributed by atoms with Crippen molar-refractivity contribution in [3.8, 4) is 5.75 Å². The van der Waals surface area contributed by atoms with Crippen molar-refractivity contribution in [2.75, 3.05) is 20.6 Å². The maximum absolute atomic E-state index is 12.1. The summed E-state index contributed by atoms with van der Waals surface area (Å²) in [7, 11) is 3.13. The summed E-state index contributed by atoms with van der Waals surface area (Å²) in [6.07, 6.45) is 0. The van der Waals surface area contributed by atoms with E-state index in [-0.39, 0.29) is 35.6 Å². The zero-order valence-corrected chi connectivity index (χ0v) is 11.9. The molecule has 0 spiro atoms. The first-order valence-electron chi connectivity index (χ1n) is 5.82. The lowest BCUT2D eigenvalue weighted by Crippen LogP contribution is -2.37. The first-order chi connectivity index (χ1) is 8.86. The van der Waals surface area contributed by atoms with E-state index in [9.17, 15) is 14.7 Å². The number of nitrogens with one attached hydrogen (secondary N) is 1. The molecule has 1 aromatic carbocycles. The van der Waals surface area contributed by atoms with E-state index in [4.69, 9.17) is 11.6 Å². The second kappa shape index (κ2) is 6.43. The van der Waals surface area contributed by atoms with Crippen molar-refractivity contribution >= 4 is 23.4 Å². The zero-order chi connectivity index (χ0) is 14.6. The molecule has 1 aromatic rings. The van der Waals surface area contributed by atoms with Gasteiger partial charge >= 0.3 is 0 Å². The molecule has 1 unspecified atom stereocenters. The lowest BCUT2D eigenvalue weighted by molar-refractivity contribution is -0.124. The van der Waals surface area contributed by atoms with Gasteiger partial charge in [-0.1, -0.05) is 18.5 Å². The smallest absolute Gasteiger partial charge is 0.257 e. The number of phenolic OH excluding ortho intramolecular Hbond substituents is 1. The second-order valence-electron chi connectivity index (χ2n) is 4.36. The third-order valence-electron chi connectivity index (χ3n) is 2.78. The van der Waals surface area contributed by atoms with Gasteiger partial charge in [-0.3, -0.25) is 9.59 Å². The van der Waals surface area contributed by atoms with Crippen molar-refractivity contribution in [2.24, 2.45) is 5.92 Å². The molecule has 0 fully saturated rings. The summed E-state index contributed by atoms with van der Waals surface area (Å²) in [5, 5.41) is 12.6. The van der Waals surface area contributed by atoms with Gasteiger partial charge < -0.3 is 15.3 Å². The number of carbonyl (C=O) groups is 2. The van der Waals surface area contributed by atoms with E-state index in [0.717, 1.165) is 0 Å². The van der Waals surface area contributed by atoms with E-state index in [1.165, 1.54) is 23.1 Å². The molecule has 1 rings (SSSR count). The predicted molar refractivity (Wildman–Crippen MR) is 73.3 cm³/mol. The van der Waals surface area contributed by atoms with Gasteiger partial charge in [0.25, 0.3) is 5.91 Å². The number of nitrogens with zero attached hydrogens (tertiary/aromatic N) is 1. The van der Waals surface area contributed by atoms with Crippen molar-refractivity contribution in [1.82, 2.24) is 10.2 Å². The Hall–Kier alpha value is -1.75. The second-order valence-corrected chi connectivity index (χ2v) is 4.80. The number of benzene rings is 1. The van der Waals surface area contributed by atoms with Gasteiger partial charge in [-0.2, -0.15) is 0 Å². The minimum absolute atomic E-state index is 0.139. The van der Waals surface area contributed by atoms with Crippen molar-refractivity contribution in [3.63, 3.8) is 0 Å². The quantitative estimate of drug-likeness (QED) is 0.880. The van der Waals surface area contributed by atoms with Crippen LogP contribution in [0.15, 0.2) is 18.2 Å². The maximum atomic E-state index is 12.1. The summed E-state index contributed by atoms with van der Waals surface area (Å²) in [4.78, 5) is 24.9. The van der Waals surface area contributed by atoms with Crippen LogP contribution in [0.4, 0.5) is 0 Å². The number of aromatic hydroxyl groups is 1. The number of hydrogen-bond donors (Lipinski definition) is 2. The molecule has 6 heteroatoms. The zero-order valence-electron chi connectivity index (χ0n) is 11.1. The van der Waals surface area contributed by atoms with Gasteiger partial charge in [-0.25, -0.2) is 0 Å². The van der Waals surface area contributed by atoms with E-state index < -0.39 is 0 Å². The number of carbonyl (C=O) groups excluding carboxylic acids is 2. The van der Waals surface area contributed by atoms with Crippen LogP contribution >= 0.6 is 11.6 Å². The Morgan fingerprint density at radius 1 is 1.47 bits per heavy atom. The molecule has 2 amide bonds. The summed E-state index contributed by atoms with van der Waals surface area (Å²) < 4.78 is 0. The topological polar surface area (TPSA) is 69.6 Å². The molecular weight excluding hydrogens is 268 g/mol. The number of phenols is 1. The molecule has 0 aliphatic heterocycles. The minimum atomic E-state index is -0.357. The monoisotopic (exact) mass is 284 g/mol. The molecule has 104 valence electrons. The van der Waals surface area contributed by atoms with E-state index in [1.807, 2.05) is 0 Å². The van der Waals surface area contributed by atoms with Crippen LogP contribution in [-0.2, 0) is 4.79 Å². The highest BCUT2D eigenvalue weighted by Crippen LogP contribution is 2.23. The highest BCUT2D eigenvalue weighted by molar-refractivity contribution is 6.30. The van der Waals surface area contributed by atoms with Crippen LogP contribution < -0.4 is 5.32 Å². The standard InChI is InChI=1S/C13H17ClN2O3/c1-8(12(18)15-2)7-16(3)13(19)10-5-4-9(14)6-11(10)17/h4-6,8,17H,7H2,1-3H3,(H,15,18). The number of rotatable bonds is 4. The summed E-state index contributed by atoms with van der Waals surface area (Å²) in [5.41, 5.74) is 0.163. The Bertz CT molecular complexity index is 491. The Morgan fingerprint density at radius 3 is 2.63 bits per heavy atom. The molecule has 0 heterocycles. The van der Waals surface area contributed by atoms with Crippen LogP contribution in [0.1, 0.15) is 17.3 Å². The summed E-state index contributed by atoms with van der Waals surface area (Å²) >= 11 is 5.71. The summed E-state index contributed by atoms with van der Waals surface area (Å²) in [6.45, 7) is 1.99. The first kappa shape index (κ1) is 15.3. The molecule has 5 nitrogen and oxygen atoms in total. The molecule has 0 saturated carbocycles. The van der Waals surface area contributed by atoms with Crippen molar-refractivity contribution in [2.45, 2.75) is 6.92 Å². The Labute approximate surface area is 117 Å². The molecule has 19 heavy (non-hydrogen) atoms. The van der Waals surface area contributed by atoms with Gasteiger partial charge in [0.05, 0.1) is 11.5 Å². The highest BCUT2D eigenvalue weighted by atomic mass is 35.5. The van der Waals surface area contributed by atoms with E-state index in [1.54, 1.807) is 21.0 Å². The SMILES string of the molecule is CNC(=O)C(C)CN(C)C(=O)c1ccc(Cl)cc1O. The van der Waals surface area contributed by atoms with Crippen LogP contribution in [0, 0.1) is 5.92 Å². The van der Waals surface area contributed by atoms with Crippen LogP contribution in [0.25, 0.3) is 0 Å². The largest absolute Gasteiger partial charge is 0.507 e. The van der Waals surface area contributed by atoms with Gasteiger partial charge in [0.1, 0.15) is 5.75 Å². The average molecular weight is 285 g/mol. The predicted octanol–water partition coefficient (Wildman–Crippen LogP) is 1.50. The van der Waals surface area contributed by atoms with E-state index >= 15 is 0 Å². The Balaban J connectivity index is 2.79. The Morgan fingerprint density at radius 2 is 2.11 bits per heavy atom. The summed E-state index contributed by atoms with van der Waals surface area (Å²) in [5.74, 6) is -0.991. The normalized spacial score (nSPS) is 11.8. The maximum Gasteiger partial charge on any atom is 0.257 e. The summed E-state index contributed by atoms with van der Waals surface area (Å²) in [6, 6.07) is 4.30.